The molecule has 6 nitrogen and oxygen atoms in total. The van der Waals surface area contributed by atoms with Gasteiger partial charge in [0.1, 0.15) is 22.3 Å². The molecule has 13 aromatic carbocycles. The van der Waals surface area contributed by atoms with Crippen LogP contribution in [0.5, 0.6) is 0 Å². The Morgan fingerprint density at radius 3 is 1.07 bits per heavy atom. The van der Waals surface area contributed by atoms with Crippen LogP contribution in [0.4, 0.5) is 34.1 Å². The Morgan fingerprint density at radius 1 is 0.267 bits per heavy atom. The number of furan rings is 2. The molecule has 0 aliphatic carbocycles. The van der Waals surface area contributed by atoms with E-state index in [4.69, 9.17) is 8.83 Å². The molecule has 0 amide bonds. The van der Waals surface area contributed by atoms with Crippen molar-refractivity contribution in [3.63, 3.8) is 0 Å². The van der Waals surface area contributed by atoms with Gasteiger partial charge in [-0.2, -0.15) is 0 Å². The molecule has 0 fully saturated rings. The molecule has 86 heavy (non-hydrogen) atoms. The van der Waals surface area contributed by atoms with Crippen molar-refractivity contribution in [1.29, 1.82) is 0 Å². The Labute approximate surface area is 493 Å². The van der Waals surface area contributed by atoms with E-state index >= 15 is 0 Å². The van der Waals surface area contributed by atoms with Crippen molar-refractivity contribution in [2.24, 2.45) is 0 Å². The molecule has 0 atom stereocenters. The highest BCUT2D eigenvalue weighted by Gasteiger charge is 2.24. The minimum absolute atomic E-state index is 0.429. The molecule has 0 bridgehead atoms. The van der Waals surface area contributed by atoms with E-state index in [2.05, 4.69) is 289 Å². The lowest BCUT2D eigenvalue weighted by Gasteiger charge is -2.26. The summed E-state index contributed by atoms with van der Waals surface area (Å²) in [6.45, 7) is 9.01. The lowest BCUT2D eigenvalue weighted by atomic mass is 10.0. The van der Waals surface area contributed by atoms with Crippen molar-refractivity contribution in [3.05, 3.63) is 254 Å². The number of hydrogen-bond donors (Lipinski definition) is 0. The average molecular weight is 1100 g/mol. The summed E-state index contributed by atoms with van der Waals surface area (Å²) in [5.41, 5.74) is 20.0. The molecule has 0 saturated heterocycles. The average Bonchev–Trinajstić information content (AvgIpc) is 1.65. The molecule has 6 heteroatoms. The van der Waals surface area contributed by atoms with E-state index in [0.717, 1.165) is 99.5 Å². The molecule has 0 unspecified atom stereocenters. The van der Waals surface area contributed by atoms with Gasteiger partial charge < -0.3 is 27.4 Å². The number of hydrogen-bond acceptors (Lipinski definition) is 4. The molecule has 0 N–H and O–H groups in total. The first-order valence-electron chi connectivity index (χ1n) is 30.1. The van der Waals surface area contributed by atoms with Crippen LogP contribution < -0.4 is 9.80 Å². The second-order valence-corrected chi connectivity index (χ2v) is 24.4. The zero-order valence-corrected chi connectivity index (χ0v) is 47.9. The van der Waals surface area contributed by atoms with Gasteiger partial charge in [-0.15, -0.1) is 0 Å². The molecular weight excluding hydrogens is 1050 g/mol. The first-order chi connectivity index (χ1) is 42.3. The normalized spacial score (nSPS) is 12.6. The summed E-state index contributed by atoms with van der Waals surface area (Å²) in [5.74, 6) is 0.858. The quantitative estimate of drug-likeness (QED) is 0.152. The van der Waals surface area contributed by atoms with E-state index in [1.165, 1.54) is 87.3 Å². The molecule has 0 spiro atoms. The topological polar surface area (TPSA) is 41.6 Å². The SMILES string of the molecule is CC(C)c1ccc(N(c2ccc3c(ccc4c5cc6c(cc5oc34)oc3c4ccc(N(c5ccc(C(C)C)cc5)c5ccc7c(c5)c5cccc8c9ccccc9n7c85)cc4ccc63)c2)c2ccc3c(c2)c2cccc4c5ccccc5n3c42)cc1. The van der Waals surface area contributed by atoms with Gasteiger partial charge in [-0.25, -0.2) is 0 Å². The smallest absolute Gasteiger partial charge is 0.143 e. The first-order valence-corrected chi connectivity index (χ1v) is 30.1. The lowest BCUT2D eigenvalue weighted by molar-refractivity contribution is 0.660. The Hall–Kier alpha value is -10.8. The van der Waals surface area contributed by atoms with Crippen molar-refractivity contribution in [1.82, 2.24) is 8.80 Å². The summed E-state index contributed by atoms with van der Waals surface area (Å²) in [5, 5.41) is 18.8. The fourth-order valence-electron chi connectivity index (χ4n) is 14.9. The monoisotopic (exact) mass is 1100 g/mol. The number of anilines is 6. The Balaban J connectivity index is 0.708. The third kappa shape index (κ3) is 6.55. The van der Waals surface area contributed by atoms with Gasteiger partial charge in [0.2, 0.25) is 0 Å². The van der Waals surface area contributed by atoms with Crippen LogP contribution in [0.3, 0.4) is 0 Å². The number of fused-ring (bicyclic) bond motifs is 22. The number of benzene rings is 13. The van der Waals surface area contributed by atoms with Crippen LogP contribution in [0.25, 0.3) is 142 Å². The van der Waals surface area contributed by atoms with Gasteiger partial charge in [-0.1, -0.05) is 137 Å². The highest BCUT2D eigenvalue weighted by molar-refractivity contribution is 6.26. The fourth-order valence-corrected chi connectivity index (χ4v) is 14.9. The van der Waals surface area contributed by atoms with Crippen molar-refractivity contribution < 1.29 is 8.83 Å². The molecule has 6 aromatic heterocycles. The van der Waals surface area contributed by atoms with Crippen LogP contribution in [0.2, 0.25) is 0 Å². The van der Waals surface area contributed by atoms with Crippen molar-refractivity contribution in [3.8, 4) is 0 Å². The number of nitrogens with zero attached hydrogens (tertiary/aromatic N) is 4. The van der Waals surface area contributed by atoms with Crippen molar-refractivity contribution >= 4 is 176 Å². The van der Waals surface area contributed by atoms with E-state index < -0.39 is 0 Å². The minimum atomic E-state index is 0.429. The van der Waals surface area contributed by atoms with Gasteiger partial charge in [0.15, 0.2) is 0 Å². The Bertz CT molecular complexity index is 5670. The second-order valence-electron chi connectivity index (χ2n) is 24.4. The Morgan fingerprint density at radius 2 is 0.628 bits per heavy atom. The minimum Gasteiger partial charge on any atom is -0.455 e. The third-order valence-electron chi connectivity index (χ3n) is 19.1. The molecule has 406 valence electrons. The molecule has 0 saturated carbocycles. The summed E-state index contributed by atoms with van der Waals surface area (Å²) in [7, 11) is 0. The van der Waals surface area contributed by atoms with E-state index in [9.17, 15) is 0 Å². The predicted molar refractivity (Wildman–Crippen MR) is 363 cm³/mol. The second kappa shape index (κ2) is 17.4. The highest BCUT2D eigenvalue weighted by Crippen LogP contribution is 2.48. The lowest BCUT2D eigenvalue weighted by Crippen LogP contribution is -2.10. The maximum absolute atomic E-state index is 6.93. The van der Waals surface area contributed by atoms with Crippen LogP contribution in [0, 0.1) is 0 Å². The van der Waals surface area contributed by atoms with Crippen molar-refractivity contribution in [2.75, 3.05) is 9.80 Å². The van der Waals surface area contributed by atoms with Gasteiger partial charge in [0.25, 0.3) is 0 Å². The van der Waals surface area contributed by atoms with Crippen LogP contribution >= 0.6 is 0 Å². The van der Waals surface area contributed by atoms with E-state index in [0.29, 0.717) is 11.8 Å². The number of aromatic nitrogens is 2. The standard InChI is InChI=1S/C80H54N4O2/c1-45(2)47-19-25-51(26-20-47)81(55-31-37-73-67(41-55)63-15-9-13-61-59-11-5-7-17-71(59)83(73)77(61)63)53-29-35-57-49(39-53)23-33-65-69-43-70-66-34-24-50-40-54(30-36-58(50)80(66)86-76(70)44-75(69)85-79(57)65)82(52-27-21-48(22-28-52)46(3)4)56-32-38-74-68(42-56)64-16-10-14-62-60-12-6-8-18-72(60)84(74)78(62)64/h5-46H,1-4H3. The molecule has 19 rings (SSSR count). The van der Waals surface area contributed by atoms with Crippen LogP contribution in [-0.4, -0.2) is 8.80 Å². The molecular formula is C80H54N4O2. The molecule has 6 heterocycles. The summed E-state index contributed by atoms with van der Waals surface area (Å²) in [6, 6.07) is 90.1. The maximum Gasteiger partial charge on any atom is 0.143 e. The van der Waals surface area contributed by atoms with Gasteiger partial charge in [-0.3, -0.25) is 0 Å². The van der Waals surface area contributed by atoms with Gasteiger partial charge in [0.05, 0.1) is 33.1 Å². The van der Waals surface area contributed by atoms with Gasteiger partial charge in [0, 0.05) is 116 Å². The van der Waals surface area contributed by atoms with Crippen LogP contribution in [0.1, 0.15) is 50.7 Å². The molecule has 19 aromatic rings. The number of rotatable bonds is 8. The first kappa shape index (κ1) is 47.6. The largest absolute Gasteiger partial charge is 0.455 e. The van der Waals surface area contributed by atoms with E-state index in [-0.39, 0.29) is 0 Å². The third-order valence-corrected chi connectivity index (χ3v) is 19.1. The van der Waals surface area contributed by atoms with Crippen LogP contribution in [0.15, 0.2) is 251 Å². The summed E-state index contributed by atoms with van der Waals surface area (Å²) in [4.78, 5) is 4.80. The molecule has 0 aliphatic rings. The number of para-hydroxylation sites is 4. The van der Waals surface area contributed by atoms with Crippen LogP contribution in [-0.2, 0) is 0 Å². The molecule has 0 radical (unpaired) electrons. The fraction of sp³-hybridized carbons (Fsp3) is 0.0750. The predicted octanol–water partition coefficient (Wildman–Crippen LogP) is 23.3. The van der Waals surface area contributed by atoms with E-state index in [1.807, 2.05) is 0 Å². The maximum atomic E-state index is 6.93. The van der Waals surface area contributed by atoms with Gasteiger partial charge in [-0.05, 0) is 161 Å². The highest BCUT2D eigenvalue weighted by atomic mass is 16.3. The van der Waals surface area contributed by atoms with Gasteiger partial charge >= 0.3 is 0 Å². The summed E-state index contributed by atoms with van der Waals surface area (Å²) < 4.78 is 18.8. The van der Waals surface area contributed by atoms with E-state index in [1.54, 1.807) is 0 Å². The zero-order valence-electron chi connectivity index (χ0n) is 47.9. The Kier molecular flexibility index (Phi) is 9.63. The summed E-state index contributed by atoms with van der Waals surface area (Å²) in [6.07, 6.45) is 0. The molecule has 0 aliphatic heterocycles. The summed E-state index contributed by atoms with van der Waals surface area (Å²) >= 11 is 0. The van der Waals surface area contributed by atoms with Crippen molar-refractivity contribution in [2.45, 2.75) is 39.5 Å². The zero-order chi connectivity index (χ0) is 56.8.